The minimum atomic E-state index is -0.322. The van der Waals surface area contributed by atoms with Crippen LogP contribution in [0.15, 0.2) is 12.1 Å². The number of hydrogen-bond acceptors (Lipinski definition) is 4. The van der Waals surface area contributed by atoms with Crippen LogP contribution in [0.1, 0.15) is 30.2 Å². The van der Waals surface area contributed by atoms with E-state index in [1.807, 2.05) is 6.07 Å². The maximum atomic E-state index is 10.5. The fourth-order valence-electron chi connectivity index (χ4n) is 1.72. The van der Waals surface area contributed by atoms with Gasteiger partial charge in [0, 0.05) is 17.0 Å². The summed E-state index contributed by atoms with van der Waals surface area (Å²) < 4.78 is 0. The van der Waals surface area contributed by atoms with E-state index in [0.29, 0.717) is 6.04 Å². The van der Waals surface area contributed by atoms with E-state index in [9.17, 15) is 10.1 Å². The van der Waals surface area contributed by atoms with E-state index in [1.165, 1.54) is 24.2 Å². The van der Waals surface area contributed by atoms with Gasteiger partial charge in [-0.1, -0.05) is 17.8 Å². The Labute approximate surface area is 98.2 Å². The smallest absolute Gasteiger partial charge is 0.309 e. The van der Waals surface area contributed by atoms with Gasteiger partial charge in [-0.25, -0.2) is 0 Å². The van der Waals surface area contributed by atoms with Crippen molar-refractivity contribution in [3.63, 3.8) is 0 Å². The van der Waals surface area contributed by atoms with Gasteiger partial charge < -0.3 is 5.32 Å². The number of piperidine rings is 1. The highest BCUT2D eigenvalue weighted by Crippen LogP contribution is 2.32. The van der Waals surface area contributed by atoms with Crippen molar-refractivity contribution in [2.75, 3.05) is 6.54 Å². The first-order valence-electron chi connectivity index (χ1n) is 4.75. The van der Waals surface area contributed by atoms with Gasteiger partial charge in [0.05, 0.1) is 4.92 Å². The minimum absolute atomic E-state index is 0. The lowest BCUT2D eigenvalue weighted by molar-refractivity contribution is -0.380. The molecule has 1 aliphatic heterocycles. The zero-order chi connectivity index (χ0) is 9.97. The van der Waals surface area contributed by atoms with Crippen LogP contribution in [-0.2, 0) is 0 Å². The highest BCUT2D eigenvalue weighted by Gasteiger charge is 2.19. The van der Waals surface area contributed by atoms with Crippen molar-refractivity contribution in [1.29, 1.82) is 0 Å². The summed E-state index contributed by atoms with van der Waals surface area (Å²) >= 11 is 1.29. The molecule has 1 fully saturated rings. The van der Waals surface area contributed by atoms with Gasteiger partial charge in [0.15, 0.2) is 0 Å². The van der Waals surface area contributed by atoms with Gasteiger partial charge in [-0.05, 0) is 25.5 Å². The van der Waals surface area contributed by atoms with E-state index in [2.05, 4.69) is 5.32 Å². The lowest BCUT2D eigenvalue weighted by Gasteiger charge is -2.21. The van der Waals surface area contributed by atoms with Crippen LogP contribution in [0.5, 0.6) is 0 Å². The van der Waals surface area contributed by atoms with Crippen LogP contribution in [0.3, 0.4) is 0 Å². The highest BCUT2D eigenvalue weighted by atomic mass is 35.5. The maximum absolute atomic E-state index is 10.5. The predicted molar refractivity (Wildman–Crippen MR) is 62.8 cm³/mol. The average molecular weight is 249 g/mol. The topological polar surface area (TPSA) is 55.2 Å². The number of hydrogen-bond donors (Lipinski definition) is 1. The third-order valence-corrected chi connectivity index (χ3v) is 3.60. The van der Waals surface area contributed by atoms with Crippen molar-refractivity contribution >= 4 is 28.7 Å². The Kier molecular flexibility index (Phi) is 4.50. The fraction of sp³-hybridized carbons (Fsp3) is 0.556. The molecule has 0 radical (unpaired) electrons. The fourth-order valence-corrected chi connectivity index (χ4v) is 2.65. The summed E-state index contributed by atoms with van der Waals surface area (Å²) in [6.45, 7) is 1.02. The predicted octanol–water partition coefficient (Wildman–Crippen LogP) is 2.89. The average Bonchev–Trinajstić information content (AvgIpc) is 2.68. The molecular formula is C9H13ClN2O2S. The molecule has 0 saturated carbocycles. The first-order valence-corrected chi connectivity index (χ1v) is 5.56. The minimum Gasteiger partial charge on any atom is -0.309 e. The Morgan fingerprint density at radius 2 is 2.27 bits per heavy atom. The van der Waals surface area contributed by atoms with Crippen molar-refractivity contribution in [3.8, 4) is 0 Å². The van der Waals surface area contributed by atoms with Crippen molar-refractivity contribution in [1.82, 2.24) is 5.32 Å². The molecule has 15 heavy (non-hydrogen) atoms. The Morgan fingerprint density at radius 1 is 1.47 bits per heavy atom. The molecule has 1 N–H and O–H groups in total. The van der Waals surface area contributed by atoms with E-state index < -0.39 is 0 Å². The summed E-state index contributed by atoms with van der Waals surface area (Å²) in [5, 5.41) is 14.1. The molecule has 2 rings (SSSR count). The Bertz CT molecular complexity index is 337. The molecule has 1 aromatic heterocycles. The molecule has 1 atom stereocenters. The third-order valence-electron chi connectivity index (χ3n) is 2.45. The zero-order valence-electron chi connectivity index (χ0n) is 8.14. The molecule has 0 aliphatic carbocycles. The molecule has 1 saturated heterocycles. The quantitative estimate of drug-likeness (QED) is 0.647. The molecule has 2 heterocycles. The van der Waals surface area contributed by atoms with E-state index in [4.69, 9.17) is 0 Å². The second-order valence-corrected chi connectivity index (χ2v) is 4.53. The van der Waals surface area contributed by atoms with Crippen LogP contribution < -0.4 is 5.32 Å². The van der Waals surface area contributed by atoms with Crippen LogP contribution in [-0.4, -0.2) is 11.5 Å². The monoisotopic (exact) mass is 248 g/mol. The maximum Gasteiger partial charge on any atom is 0.324 e. The van der Waals surface area contributed by atoms with Crippen molar-refractivity contribution in [2.24, 2.45) is 0 Å². The molecule has 0 amide bonds. The first-order chi connectivity index (χ1) is 6.77. The summed E-state index contributed by atoms with van der Waals surface area (Å²) in [5.74, 6) is 0. The molecule has 1 aliphatic rings. The largest absolute Gasteiger partial charge is 0.324 e. The SMILES string of the molecule is Cl.O=[N+]([O-])c1ccc([C@@H]2CCCCN2)s1. The first kappa shape index (κ1) is 12.4. The van der Waals surface area contributed by atoms with Crippen molar-refractivity contribution < 1.29 is 4.92 Å². The molecule has 0 unspecified atom stereocenters. The number of rotatable bonds is 2. The van der Waals surface area contributed by atoms with Gasteiger partial charge in [0.25, 0.3) is 0 Å². The molecule has 0 spiro atoms. The summed E-state index contributed by atoms with van der Waals surface area (Å²) in [6.07, 6.45) is 3.52. The number of nitrogens with one attached hydrogen (secondary N) is 1. The van der Waals surface area contributed by atoms with Crippen LogP contribution in [0.4, 0.5) is 5.00 Å². The number of halogens is 1. The van der Waals surface area contributed by atoms with Crippen LogP contribution >= 0.6 is 23.7 Å². The van der Waals surface area contributed by atoms with Crippen LogP contribution in [0.25, 0.3) is 0 Å². The lowest BCUT2D eigenvalue weighted by atomic mass is 10.0. The second kappa shape index (κ2) is 5.44. The number of thiophene rings is 1. The van der Waals surface area contributed by atoms with Gasteiger partial charge >= 0.3 is 5.00 Å². The number of nitro groups is 1. The van der Waals surface area contributed by atoms with Gasteiger partial charge in [0.2, 0.25) is 0 Å². The van der Waals surface area contributed by atoms with Crippen molar-refractivity contribution in [3.05, 3.63) is 27.1 Å². The molecule has 1 aromatic rings. The molecule has 0 aromatic carbocycles. The van der Waals surface area contributed by atoms with E-state index in [1.54, 1.807) is 6.07 Å². The summed E-state index contributed by atoms with van der Waals surface area (Å²) in [7, 11) is 0. The molecule has 84 valence electrons. The zero-order valence-corrected chi connectivity index (χ0v) is 9.77. The second-order valence-electron chi connectivity index (χ2n) is 3.44. The van der Waals surface area contributed by atoms with Crippen molar-refractivity contribution in [2.45, 2.75) is 25.3 Å². The van der Waals surface area contributed by atoms with Gasteiger partial charge in [-0.15, -0.1) is 12.4 Å². The van der Waals surface area contributed by atoms with E-state index >= 15 is 0 Å². The Morgan fingerprint density at radius 3 is 2.80 bits per heavy atom. The Balaban J connectivity index is 0.00000112. The standard InChI is InChI=1S/C9H12N2O2S.ClH/c12-11(13)9-5-4-8(14-9)7-3-1-2-6-10-7;/h4-5,7,10H,1-3,6H2;1H/t7-;/m0./s1. The highest BCUT2D eigenvalue weighted by molar-refractivity contribution is 7.15. The van der Waals surface area contributed by atoms with Crippen LogP contribution in [0.2, 0.25) is 0 Å². The molecular weight excluding hydrogens is 236 g/mol. The summed E-state index contributed by atoms with van der Waals surface area (Å²) in [4.78, 5) is 11.3. The van der Waals surface area contributed by atoms with Gasteiger partial charge in [0.1, 0.15) is 0 Å². The van der Waals surface area contributed by atoms with E-state index in [0.717, 1.165) is 17.8 Å². The summed E-state index contributed by atoms with van der Waals surface area (Å²) in [5.41, 5.74) is 0. The van der Waals surface area contributed by atoms with Gasteiger partial charge in [-0.2, -0.15) is 0 Å². The van der Waals surface area contributed by atoms with Gasteiger partial charge in [-0.3, -0.25) is 10.1 Å². The lowest BCUT2D eigenvalue weighted by Crippen LogP contribution is -2.25. The number of nitrogens with zero attached hydrogens (tertiary/aromatic N) is 1. The molecule has 0 bridgehead atoms. The summed E-state index contributed by atoms with van der Waals surface area (Å²) in [6, 6.07) is 3.80. The Hall–Kier alpha value is -0.650. The van der Waals surface area contributed by atoms with E-state index in [-0.39, 0.29) is 22.3 Å². The van der Waals surface area contributed by atoms with Crippen LogP contribution in [0, 0.1) is 10.1 Å². The molecule has 6 heteroatoms. The normalized spacial score (nSPS) is 20.7. The molecule has 4 nitrogen and oxygen atoms in total. The third kappa shape index (κ3) is 2.90.